The first kappa shape index (κ1) is 16.4. The lowest BCUT2D eigenvalue weighted by Crippen LogP contribution is -2.33. The lowest BCUT2D eigenvalue weighted by Gasteiger charge is -2.29. The number of carbonyl (C=O) groups excluding carboxylic acids is 1. The van der Waals surface area contributed by atoms with Gasteiger partial charge >= 0.3 is 0 Å². The molecule has 118 valence electrons. The predicted molar refractivity (Wildman–Crippen MR) is 85.3 cm³/mol. The molecule has 1 aliphatic rings. The Hall–Kier alpha value is -1.01. The summed E-state index contributed by atoms with van der Waals surface area (Å²) in [5.74, 6) is 1.17. The molecule has 21 heavy (non-hydrogen) atoms. The van der Waals surface area contributed by atoms with Crippen LogP contribution >= 0.6 is 11.5 Å². The number of amides is 1. The SMILES string of the molecule is CC(C)c1nnsc1CNC(=O)CC[C@H]1CCCN(C)C1. The highest BCUT2D eigenvalue weighted by Gasteiger charge is 2.18. The van der Waals surface area contributed by atoms with Crippen molar-refractivity contribution in [2.75, 3.05) is 20.1 Å². The minimum atomic E-state index is 0.145. The van der Waals surface area contributed by atoms with E-state index in [0.717, 1.165) is 23.5 Å². The van der Waals surface area contributed by atoms with E-state index in [4.69, 9.17) is 0 Å². The maximum atomic E-state index is 12.0. The predicted octanol–water partition coefficient (Wildman–Crippen LogP) is 2.40. The smallest absolute Gasteiger partial charge is 0.220 e. The van der Waals surface area contributed by atoms with Crippen molar-refractivity contribution in [3.8, 4) is 0 Å². The molecule has 2 heterocycles. The van der Waals surface area contributed by atoms with Gasteiger partial charge in [0.15, 0.2) is 0 Å². The second kappa shape index (κ2) is 7.84. The summed E-state index contributed by atoms with van der Waals surface area (Å²) in [5.41, 5.74) is 1.01. The number of nitrogens with zero attached hydrogens (tertiary/aromatic N) is 3. The topological polar surface area (TPSA) is 58.1 Å². The van der Waals surface area contributed by atoms with Gasteiger partial charge in [-0.1, -0.05) is 18.3 Å². The Balaban J connectivity index is 1.71. The molecular weight excluding hydrogens is 284 g/mol. The zero-order valence-corrected chi connectivity index (χ0v) is 14.1. The van der Waals surface area contributed by atoms with Gasteiger partial charge in [-0.2, -0.15) is 0 Å². The van der Waals surface area contributed by atoms with Gasteiger partial charge in [0, 0.05) is 13.0 Å². The molecule has 1 aliphatic heterocycles. The average Bonchev–Trinajstić information content (AvgIpc) is 2.91. The Morgan fingerprint density at radius 3 is 3.05 bits per heavy atom. The summed E-state index contributed by atoms with van der Waals surface area (Å²) in [7, 11) is 2.16. The highest BCUT2D eigenvalue weighted by molar-refractivity contribution is 7.05. The molecule has 1 aromatic rings. The maximum Gasteiger partial charge on any atom is 0.220 e. The summed E-state index contributed by atoms with van der Waals surface area (Å²) in [6, 6.07) is 0. The van der Waals surface area contributed by atoms with Crippen LogP contribution in [0.5, 0.6) is 0 Å². The second-order valence-electron chi connectivity index (χ2n) is 6.32. The zero-order chi connectivity index (χ0) is 15.2. The van der Waals surface area contributed by atoms with E-state index in [1.54, 1.807) is 0 Å². The number of likely N-dealkylation sites (tertiary alicyclic amines) is 1. The van der Waals surface area contributed by atoms with Crippen LogP contribution in [0.2, 0.25) is 0 Å². The van der Waals surface area contributed by atoms with Crippen LogP contribution < -0.4 is 5.32 Å². The van der Waals surface area contributed by atoms with Gasteiger partial charge in [-0.05, 0) is 56.2 Å². The lowest BCUT2D eigenvalue weighted by atomic mass is 9.93. The first-order valence-electron chi connectivity index (χ1n) is 7.82. The molecule has 5 nitrogen and oxygen atoms in total. The van der Waals surface area contributed by atoms with E-state index >= 15 is 0 Å². The monoisotopic (exact) mass is 310 g/mol. The highest BCUT2D eigenvalue weighted by atomic mass is 32.1. The quantitative estimate of drug-likeness (QED) is 0.876. The number of rotatable bonds is 6. The molecule has 1 N–H and O–H groups in total. The van der Waals surface area contributed by atoms with Gasteiger partial charge in [-0.15, -0.1) is 5.10 Å². The van der Waals surface area contributed by atoms with Gasteiger partial charge in [0.05, 0.1) is 17.1 Å². The van der Waals surface area contributed by atoms with Crippen molar-refractivity contribution in [3.05, 3.63) is 10.6 Å². The van der Waals surface area contributed by atoms with E-state index in [0.29, 0.717) is 24.8 Å². The second-order valence-corrected chi connectivity index (χ2v) is 7.16. The Kier molecular flexibility index (Phi) is 6.11. The van der Waals surface area contributed by atoms with Crippen LogP contribution in [0.25, 0.3) is 0 Å². The number of hydrogen-bond acceptors (Lipinski definition) is 5. The van der Waals surface area contributed by atoms with Gasteiger partial charge in [-0.25, -0.2) is 0 Å². The Labute approximate surface area is 131 Å². The van der Waals surface area contributed by atoms with Crippen LogP contribution in [0.4, 0.5) is 0 Å². The third-order valence-electron chi connectivity index (χ3n) is 4.08. The molecule has 1 saturated heterocycles. The van der Waals surface area contributed by atoms with Crippen molar-refractivity contribution in [1.82, 2.24) is 19.8 Å². The van der Waals surface area contributed by atoms with Gasteiger partial charge < -0.3 is 10.2 Å². The van der Waals surface area contributed by atoms with Gasteiger partial charge in [0.1, 0.15) is 0 Å². The van der Waals surface area contributed by atoms with Crippen molar-refractivity contribution in [2.45, 2.75) is 52.0 Å². The van der Waals surface area contributed by atoms with Crippen LogP contribution in [-0.4, -0.2) is 40.5 Å². The van der Waals surface area contributed by atoms with E-state index in [2.05, 4.69) is 40.7 Å². The van der Waals surface area contributed by atoms with Crippen molar-refractivity contribution in [1.29, 1.82) is 0 Å². The molecule has 1 aromatic heterocycles. The first-order valence-corrected chi connectivity index (χ1v) is 8.60. The fourth-order valence-electron chi connectivity index (χ4n) is 2.89. The van der Waals surface area contributed by atoms with E-state index in [1.165, 1.54) is 30.9 Å². The highest BCUT2D eigenvalue weighted by Crippen LogP contribution is 2.21. The van der Waals surface area contributed by atoms with Crippen LogP contribution in [-0.2, 0) is 11.3 Å². The fourth-order valence-corrected chi connectivity index (χ4v) is 3.62. The molecule has 0 aromatic carbocycles. The molecule has 0 saturated carbocycles. The van der Waals surface area contributed by atoms with E-state index in [1.807, 2.05) is 0 Å². The van der Waals surface area contributed by atoms with E-state index in [9.17, 15) is 4.79 Å². The molecule has 1 fully saturated rings. The Bertz CT molecular complexity index is 460. The summed E-state index contributed by atoms with van der Waals surface area (Å²) in [5, 5.41) is 7.14. The largest absolute Gasteiger partial charge is 0.351 e. The van der Waals surface area contributed by atoms with Crippen LogP contribution in [0, 0.1) is 5.92 Å². The normalized spacial score (nSPS) is 19.9. The lowest BCUT2D eigenvalue weighted by molar-refractivity contribution is -0.121. The van der Waals surface area contributed by atoms with Crippen LogP contribution in [0.15, 0.2) is 0 Å². The standard InChI is InChI=1S/C15H26N4OS/c1-11(2)15-13(21-18-17-15)9-16-14(20)7-6-12-5-4-8-19(3)10-12/h11-12H,4-10H2,1-3H3,(H,16,20)/t12-/m1/s1. The molecular formula is C15H26N4OS. The summed E-state index contributed by atoms with van der Waals surface area (Å²) in [6.07, 6.45) is 4.14. The summed E-state index contributed by atoms with van der Waals surface area (Å²) >= 11 is 1.38. The molecule has 0 bridgehead atoms. The fraction of sp³-hybridized carbons (Fsp3) is 0.800. The number of piperidine rings is 1. The third kappa shape index (κ3) is 5.04. The summed E-state index contributed by atoms with van der Waals surface area (Å²) in [4.78, 5) is 15.4. The molecule has 0 radical (unpaired) electrons. The minimum absolute atomic E-state index is 0.145. The molecule has 0 unspecified atom stereocenters. The van der Waals surface area contributed by atoms with Gasteiger partial charge in [0.2, 0.25) is 5.91 Å². The van der Waals surface area contributed by atoms with Crippen molar-refractivity contribution >= 4 is 17.4 Å². The molecule has 6 heteroatoms. The Morgan fingerprint density at radius 2 is 2.33 bits per heavy atom. The van der Waals surface area contributed by atoms with Gasteiger partial charge in [-0.3, -0.25) is 4.79 Å². The van der Waals surface area contributed by atoms with Crippen molar-refractivity contribution in [2.24, 2.45) is 5.92 Å². The van der Waals surface area contributed by atoms with E-state index < -0.39 is 0 Å². The van der Waals surface area contributed by atoms with Crippen molar-refractivity contribution < 1.29 is 4.79 Å². The van der Waals surface area contributed by atoms with Crippen LogP contribution in [0.1, 0.15) is 56.0 Å². The number of hydrogen-bond donors (Lipinski definition) is 1. The number of nitrogens with one attached hydrogen (secondary N) is 1. The molecule has 0 aliphatic carbocycles. The molecule has 1 amide bonds. The summed E-state index contributed by atoms with van der Waals surface area (Å²) in [6.45, 7) is 7.08. The van der Waals surface area contributed by atoms with E-state index in [-0.39, 0.29) is 5.91 Å². The average molecular weight is 310 g/mol. The summed E-state index contributed by atoms with van der Waals surface area (Å²) < 4.78 is 3.98. The number of aromatic nitrogens is 2. The number of carbonyl (C=O) groups is 1. The van der Waals surface area contributed by atoms with Crippen LogP contribution in [0.3, 0.4) is 0 Å². The molecule has 0 spiro atoms. The maximum absolute atomic E-state index is 12.0. The minimum Gasteiger partial charge on any atom is -0.351 e. The van der Waals surface area contributed by atoms with Crippen molar-refractivity contribution in [3.63, 3.8) is 0 Å². The zero-order valence-electron chi connectivity index (χ0n) is 13.3. The first-order chi connectivity index (χ1) is 10.1. The third-order valence-corrected chi connectivity index (χ3v) is 4.82. The molecule has 2 rings (SSSR count). The molecule has 1 atom stereocenters. The Morgan fingerprint density at radius 1 is 1.52 bits per heavy atom. The van der Waals surface area contributed by atoms with Gasteiger partial charge in [0.25, 0.3) is 0 Å².